The predicted molar refractivity (Wildman–Crippen MR) is 79.2 cm³/mol. The van der Waals surface area contributed by atoms with E-state index in [1.807, 2.05) is 22.3 Å². The van der Waals surface area contributed by atoms with Crippen LogP contribution in [0.25, 0.3) is 0 Å². The van der Waals surface area contributed by atoms with E-state index >= 15 is 0 Å². The van der Waals surface area contributed by atoms with Gasteiger partial charge in [0.15, 0.2) is 0 Å². The third kappa shape index (κ3) is 0.801. The third-order valence-electron chi connectivity index (χ3n) is 8.71. The van der Waals surface area contributed by atoms with Gasteiger partial charge in [-0.1, -0.05) is 12.1 Å². The van der Waals surface area contributed by atoms with Gasteiger partial charge in [0.25, 0.3) is 0 Å². The lowest BCUT2D eigenvalue weighted by Gasteiger charge is -2.21. The van der Waals surface area contributed by atoms with E-state index in [4.69, 9.17) is 0 Å². The topological polar surface area (TPSA) is 0 Å². The molecule has 6 aliphatic rings. The average molecular weight is 262 g/mol. The lowest BCUT2D eigenvalue weighted by Crippen LogP contribution is -2.04. The van der Waals surface area contributed by atoms with E-state index in [1.165, 1.54) is 25.7 Å². The maximum atomic E-state index is 2.75. The minimum atomic E-state index is 0.785. The van der Waals surface area contributed by atoms with Crippen molar-refractivity contribution in [2.75, 3.05) is 0 Å². The van der Waals surface area contributed by atoms with Crippen LogP contribution in [0.4, 0.5) is 0 Å². The molecule has 1 aromatic rings. The molecule has 0 aliphatic heterocycles. The summed E-state index contributed by atoms with van der Waals surface area (Å²) in [7, 11) is 0. The molecule has 0 nitrogen and oxygen atoms in total. The van der Waals surface area contributed by atoms with Crippen molar-refractivity contribution in [2.24, 2.45) is 10.8 Å². The molecule has 0 heteroatoms. The van der Waals surface area contributed by atoms with E-state index < -0.39 is 0 Å². The first-order chi connectivity index (χ1) is 9.83. The number of rotatable bonds is 0. The molecule has 0 radical (unpaired) electrons. The molecule has 6 aliphatic carbocycles. The van der Waals surface area contributed by atoms with E-state index in [-0.39, 0.29) is 0 Å². The number of hydrogen-bond acceptors (Lipinski definition) is 0. The standard InChI is InChI=1S/C20H22/c1-2-16-12-10-14-13(9-11(12)15(1)19(16)5-6-19)17-3-4-18(14)20(17)7-8-20/h9-10,15-18H,1-8H2/t15-,16+,17-,18+. The molecule has 4 saturated carbocycles. The largest absolute Gasteiger partial charge is 0.0546 e. The summed E-state index contributed by atoms with van der Waals surface area (Å²) >= 11 is 0. The zero-order valence-electron chi connectivity index (χ0n) is 12.1. The van der Waals surface area contributed by atoms with Crippen LogP contribution < -0.4 is 0 Å². The first-order valence-electron chi connectivity index (χ1n) is 9.01. The second-order valence-corrected chi connectivity index (χ2v) is 8.94. The smallest absolute Gasteiger partial charge is 0.00963 e. The molecule has 20 heavy (non-hydrogen) atoms. The van der Waals surface area contributed by atoms with Crippen LogP contribution in [-0.2, 0) is 0 Å². The second-order valence-electron chi connectivity index (χ2n) is 8.94. The van der Waals surface area contributed by atoms with Crippen molar-refractivity contribution in [3.05, 3.63) is 34.4 Å². The summed E-state index contributed by atoms with van der Waals surface area (Å²) in [5.74, 6) is 3.90. The Morgan fingerprint density at radius 1 is 0.550 bits per heavy atom. The monoisotopic (exact) mass is 262 g/mol. The molecule has 0 aromatic heterocycles. The Hall–Kier alpha value is -0.780. The first kappa shape index (κ1) is 10.0. The molecule has 2 spiro atoms. The van der Waals surface area contributed by atoms with Gasteiger partial charge < -0.3 is 0 Å². The van der Waals surface area contributed by atoms with Crippen LogP contribution in [0.1, 0.15) is 97.3 Å². The lowest BCUT2D eigenvalue weighted by atomic mass is 9.83. The lowest BCUT2D eigenvalue weighted by molar-refractivity contribution is 0.453. The van der Waals surface area contributed by atoms with Gasteiger partial charge in [-0.25, -0.2) is 0 Å². The number of benzene rings is 1. The summed E-state index contributed by atoms with van der Waals surface area (Å²) < 4.78 is 0. The summed E-state index contributed by atoms with van der Waals surface area (Å²) in [6.07, 6.45) is 12.2. The second kappa shape index (κ2) is 2.64. The van der Waals surface area contributed by atoms with Gasteiger partial charge in [-0.05, 0) is 108 Å². The molecular formula is C20H22. The molecule has 0 amide bonds. The van der Waals surface area contributed by atoms with Crippen LogP contribution in [0.5, 0.6) is 0 Å². The van der Waals surface area contributed by atoms with Gasteiger partial charge >= 0.3 is 0 Å². The normalized spacial score (nSPS) is 45.2. The van der Waals surface area contributed by atoms with Crippen molar-refractivity contribution in [2.45, 2.75) is 75.0 Å². The van der Waals surface area contributed by atoms with Crippen LogP contribution >= 0.6 is 0 Å². The molecule has 0 N–H and O–H groups in total. The van der Waals surface area contributed by atoms with Crippen molar-refractivity contribution >= 4 is 0 Å². The highest BCUT2D eigenvalue weighted by atomic mass is 14.7. The van der Waals surface area contributed by atoms with E-state index in [1.54, 1.807) is 25.7 Å². The van der Waals surface area contributed by atoms with Crippen molar-refractivity contribution < 1.29 is 0 Å². The zero-order valence-corrected chi connectivity index (χ0v) is 12.1. The molecule has 4 atom stereocenters. The van der Waals surface area contributed by atoms with Gasteiger partial charge in [0.05, 0.1) is 0 Å². The van der Waals surface area contributed by atoms with E-state index in [9.17, 15) is 0 Å². The van der Waals surface area contributed by atoms with Crippen molar-refractivity contribution in [1.82, 2.24) is 0 Å². The van der Waals surface area contributed by atoms with Crippen molar-refractivity contribution in [3.8, 4) is 0 Å². The van der Waals surface area contributed by atoms with Crippen molar-refractivity contribution in [3.63, 3.8) is 0 Å². The maximum absolute atomic E-state index is 2.75. The highest BCUT2D eigenvalue weighted by Crippen LogP contribution is 2.79. The van der Waals surface area contributed by atoms with Gasteiger partial charge in [0.1, 0.15) is 0 Å². The Kier molecular flexibility index (Phi) is 1.33. The number of hydrogen-bond donors (Lipinski definition) is 0. The fourth-order valence-electron chi connectivity index (χ4n) is 7.72. The molecule has 4 bridgehead atoms. The minimum absolute atomic E-state index is 0.785. The maximum Gasteiger partial charge on any atom is -0.00963 e. The van der Waals surface area contributed by atoms with Crippen LogP contribution in [0.3, 0.4) is 0 Å². The highest BCUT2D eigenvalue weighted by molar-refractivity contribution is 5.58. The fraction of sp³-hybridized carbons (Fsp3) is 0.700. The number of fused-ring (bicyclic) bond motifs is 6. The molecule has 0 unspecified atom stereocenters. The molecule has 0 saturated heterocycles. The summed E-state index contributed by atoms with van der Waals surface area (Å²) in [6.45, 7) is 0. The molecule has 1 aromatic carbocycles. The highest BCUT2D eigenvalue weighted by Gasteiger charge is 2.66. The molecule has 4 fully saturated rings. The summed E-state index contributed by atoms with van der Waals surface area (Å²) in [5, 5.41) is 0. The van der Waals surface area contributed by atoms with Gasteiger partial charge in [0.2, 0.25) is 0 Å². The van der Waals surface area contributed by atoms with Crippen LogP contribution in [0.15, 0.2) is 12.1 Å². The summed E-state index contributed by atoms with van der Waals surface area (Å²) in [6, 6.07) is 5.50. The van der Waals surface area contributed by atoms with Crippen LogP contribution in [-0.4, -0.2) is 0 Å². The minimum Gasteiger partial charge on any atom is -0.0546 e. The quantitative estimate of drug-likeness (QED) is 0.603. The van der Waals surface area contributed by atoms with Crippen LogP contribution in [0, 0.1) is 10.8 Å². The zero-order chi connectivity index (χ0) is 12.7. The van der Waals surface area contributed by atoms with Crippen molar-refractivity contribution in [1.29, 1.82) is 0 Å². The average Bonchev–Trinajstić information content (AvgIpc) is 3.29. The SMILES string of the molecule is c1c2c(cc3c1[C@H]1CC[C@@H]3C13CC3)[C@@H]1CC[C@H]2C12CC2. The third-order valence-corrected chi connectivity index (χ3v) is 8.71. The Morgan fingerprint density at radius 3 is 1.10 bits per heavy atom. The Labute approximate surface area is 121 Å². The van der Waals surface area contributed by atoms with Gasteiger partial charge in [-0.15, -0.1) is 0 Å². The predicted octanol–water partition coefficient (Wildman–Crippen LogP) is 5.20. The summed E-state index contributed by atoms with van der Waals surface area (Å²) in [5.41, 5.74) is 8.91. The molecule has 102 valence electrons. The van der Waals surface area contributed by atoms with E-state index in [2.05, 4.69) is 12.1 Å². The fourth-order valence-corrected chi connectivity index (χ4v) is 7.72. The van der Waals surface area contributed by atoms with Crippen LogP contribution in [0.2, 0.25) is 0 Å². The summed E-state index contributed by atoms with van der Waals surface area (Å²) in [4.78, 5) is 0. The van der Waals surface area contributed by atoms with Gasteiger partial charge in [-0.2, -0.15) is 0 Å². The van der Waals surface area contributed by atoms with E-state index in [0.717, 1.165) is 34.5 Å². The van der Waals surface area contributed by atoms with Gasteiger partial charge in [-0.3, -0.25) is 0 Å². The van der Waals surface area contributed by atoms with E-state index in [0.29, 0.717) is 0 Å². The Bertz CT molecular complexity index is 567. The molecular weight excluding hydrogens is 240 g/mol. The molecule has 0 heterocycles. The molecule has 7 rings (SSSR count). The first-order valence-corrected chi connectivity index (χ1v) is 9.01. The van der Waals surface area contributed by atoms with Gasteiger partial charge in [0, 0.05) is 0 Å². The Morgan fingerprint density at radius 2 is 0.850 bits per heavy atom. The Balaban J connectivity index is 1.49.